The molecule has 0 amide bonds. The summed E-state index contributed by atoms with van der Waals surface area (Å²) in [6.45, 7) is 2.60. The van der Waals surface area contributed by atoms with Gasteiger partial charge in [-0.05, 0) is 33.9 Å². The highest BCUT2D eigenvalue weighted by atomic mass is 32.2. The number of aliphatic hydroxyl groups excluding tert-OH is 1. The van der Waals surface area contributed by atoms with Crippen molar-refractivity contribution < 1.29 is 19.3 Å². The minimum absolute atomic E-state index is 0.00172. The summed E-state index contributed by atoms with van der Waals surface area (Å²) in [6, 6.07) is 29.7. The number of hydrogen-bond donors (Lipinski definition) is 2. The van der Waals surface area contributed by atoms with Gasteiger partial charge >= 0.3 is 0 Å². The molecule has 0 bridgehead atoms. The third-order valence-corrected chi connectivity index (χ3v) is 8.15. The van der Waals surface area contributed by atoms with E-state index in [-0.39, 0.29) is 24.7 Å². The summed E-state index contributed by atoms with van der Waals surface area (Å²) in [5.74, 6) is 0.652. The lowest BCUT2D eigenvalue weighted by molar-refractivity contribution is -0.645. The van der Waals surface area contributed by atoms with Gasteiger partial charge in [-0.15, -0.1) is 0 Å². The van der Waals surface area contributed by atoms with Gasteiger partial charge in [0.05, 0.1) is 18.8 Å². The molecule has 3 N–H and O–H groups in total. The Kier molecular flexibility index (Phi) is 8.42. The van der Waals surface area contributed by atoms with Crippen molar-refractivity contribution in [3.63, 3.8) is 0 Å². The van der Waals surface area contributed by atoms with Crippen molar-refractivity contribution in [2.75, 3.05) is 5.75 Å². The Morgan fingerprint density at radius 3 is 2.32 bits per heavy atom. The fraction of sp³-hybridized carbons (Fsp3) is 0.258. The summed E-state index contributed by atoms with van der Waals surface area (Å²) in [6.07, 6.45) is 0.585. The Bertz CT molecular complexity index is 1350. The molecular weight excluding hydrogens is 496 g/mol. The van der Waals surface area contributed by atoms with Crippen molar-refractivity contribution in [2.45, 2.75) is 43.6 Å². The molecule has 0 unspecified atom stereocenters. The van der Waals surface area contributed by atoms with Crippen LogP contribution in [0.3, 0.4) is 0 Å². The number of rotatable bonds is 8. The second-order valence-corrected chi connectivity index (χ2v) is 10.5. The van der Waals surface area contributed by atoms with E-state index in [2.05, 4.69) is 25.1 Å². The van der Waals surface area contributed by atoms with Gasteiger partial charge in [0.2, 0.25) is 0 Å². The molecule has 1 aliphatic heterocycles. The lowest BCUT2D eigenvalue weighted by atomic mass is 9.91. The van der Waals surface area contributed by atoms with Gasteiger partial charge in [0, 0.05) is 35.9 Å². The SMILES string of the molecule is C[C@@H]1[C@H](CSc2cccc[n+]2[O-])O[C@H](c2ccc(-c3ccccc3CN)cc2)O[C@@H]1c1ccc(CO)cc1. The zero-order chi connectivity index (χ0) is 26.5. The fourth-order valence-electron chi connectivity index (χ4n) is 4.80. The van der Waals surface area contributed by atoms with Crippen molar-refractivity contribution in [1.82, 2.24) is 0 Å². The largest absolute Gasteiger partial charge is 0.618 e. The van der Waals surface area contributed by atoms with Gasteiger partial charge in [-0.2, -0.15) is 4.73 Å². The number of nitrogens with two attached hydrogens (primary N) is 1. The van der Waals surface area contributed by atoms with Gasteiger partial charge < -0.3 is 25.5 Å². The molecule has 0 aliphatic carbocycles. The van der Waals surface area contributed by atoms with Crippen molar-refractivity contribution in [1.29, 1.82) is 0 Å². The molecule has 1 aliphatic rings. The molecule has 1 fully saturated rings. The highest BCUT2D eigenvalue weighted by Crippen LogP contribution is 2.43. The van der Waals surface area contributed by atoms with Crippen molar-refractivity contribution in [2.24, 2.45) is 11.7 Å². The summed E-state index contributed by atoms with van der Waals surface area (Å²) in [5, 5.41) is 22.3. The number of pyridine rings is 1. The van der Waals surface area contributed by atoms with E-state index in [1.807, 2.05) is 66.7 Å². The second kappa shape index (κ2) is 12.1. The maximum absolute atomic E-state index is 12.2. The number of hydrogen-bond acceptors (Lipinski definition) is 6. The van der Waals surface area contributed by atoms with Gasteiger partial charge in [-0.25, -0.2) is 0 Å². The van der Waals surface area contributed by atoms with E-state index in [0.29, 0.717) is 17.3 Å². The van der Waals surface area contributed by atoms with Crippen LogP contribution in [0.4, 0.5) is 0 Å². The second-order valence-electron chi connectivity index (χ2n) is 9.48. The minimum Gasteiger partial charge on any atom is -0.618 e. The van der Waals surface area contributed by atoms with Crippen molar-refractivity contribution in [3.8, 4) is 11.1 Å². The lowest BCUT2D eigenvalue weighted by Crippen LogP contribution is -2.39. The first kappa shape index (κ1) is 26.4. The number of ether oxygens (including phenoxy) is 2. The van der Waals surface area contributed by atoms with Crippen LogP contribution in [0.5, 0.6) is 0 Å². The Balaban J connectivity index is 1.41. The van der Waals surface area contributed by atoms with Gasteiger partial charge in [-0.1, -0.05) is 91.5 Å². The summed E-state index contributed by atoms with van der Waals surface area (Å²) in [4.78, 5) is 0. The number of aromatic nitrogens is 1. The van der Waals surface area contributed by atoms with Gasteiger partial charge in [0.25, 0.3) is 5.03 Å². The standard InChI is InChI=1S/C31H32N2O4S/c1-21-28(20-38-29-8-4-5-17-33(29)35)36-31(37-30(21)24-11-9-22(19-34)10-12-24)25-15-13-23(14-16-25)27-7-3-2-6-26(27)18-32/h2-17,21,28,30-31,34H,18-20,32H2,1H3/t21-,28+,30+,31+/m1/s1. The Labute approximate surface area is 227 Å². The van der Waals surface area contributed by atoms with E-state index in [9.17, 15) is 10.3 Å². The third kappa shape index (κ3) is 5.77. The van der Waals surface area contributed by atoms with Crippen LogP contribution in [0.15, 0.2) is 102 Å². The zero-order valence-electron chi connectivity index (χ0n) is 21.3. The van der Waals surface area contributed by atoms with Gasteiger partial charge in [0.15, 0.2) is 12.5 Å². The molecule has 6 nitrogen and oxygen atoms in total. The van der Waals surface area contributed by atoms with Crippen LogP contribution in [0.1, 0.15) is 41.6 Å². The fourth-order valence-corrected chi connectivity index (χ4v) is 5.88. The molecule has 2 heterocycles. The van der Waals surface area contributed by atoms with Crippen LogP contribution in [-0.4, -0.2) is 17.0 Å². The van der Waals surface area contributed by atoms with Crippen LogP contribution in [0.2, 0.25) is 0 Å². The normalized spacial score (nSPS) is 21.3. The molecule has 4 atom stereocenters. The Morgan fingerprint density at radius 2 is 1.61 bits per heavy atom. The van der Waals surface area contributed by atoms with E-state index in [0.717, 1.165) is 38.1 Å². The number of nitrogens with zero attached hydrogens (tertiary/aromatic N) is 1. The summed E-state index contributed by atoms with van der Waals surface area (Å²) in [7, 11) is 0. The summed E-state index contributed by atoms with van der Waals surface area (Å²) >= 11 is 1.49. The number of thioether (sulfide) groups is 1. The van der Waals surface area contributed by atoms with Gasteiger partial charge in [0.1, 0.15) is 0 Å². The molecule has 5 rings (SSSR count). The molecule has 3 aromatic carbocycles. The van der Waals surface area contributed by atoms with E-state index in [1.165, 1.54) is 18.0 Å². The molecule has 0 radical (unpaired) electrons. The Morgan fingerprint density at radius 1 is 0.895 bits per heavy atom. The highest BCUT2D eigenvalue weighted by Gasteiger charge is 2.38. The maximum Gasteiger partial charge on any atom is 0.251 e. The predicted octanol–water partition coefficient (Wildman–Crippen LogP) is 5.52. The van der Waals surface area contributed by atoms with E-state index >= 15 is 0 Å². The van der Waals surface area contributed by atoms with Crippen LogP contribution >= 0.6 is 11.8 Å². The quantitative estimate of drug-likeness (QED) is 0.178. The van der Waals surface area contributed by atoms with E-state index < -0.39 is 6.29 Å². The van der Waals surface area contributed by atoms with E-state index in [1.54, 1.807) is 6.07 Å². The molecule has 0 saturated carbocycles. The molecule has 0 spiro atoms. The van der Waals surface area contributed by atoms with Crippen molar-refractivity contribution >= 4 is 11.8 Å². The van der Waals surface area contributed by atoms with Crippen LogP contribution in [0.25, 0.3) is 11.1 Å². The molecule has 38 heavy (non-hydrogen) atoms. The first-order valence-electron chi connectivity index (χ1n) is 12.8. The van der Waals surface area contributed by atoms with Crippen LogP contribution < -0.4 is 10.5 Å². The molecule has 1 aromatic heterocycles. The minimum atomic E-state index is -0.562. The molecule has 7 heteroatoms. The molecule has 196 valence electrons. The van der Waals surface area contributed by atoms with Crippen molar-refractivity contribution in [3.05, 3.63) is 125 Å². The highest BCUT2D eigenvalue weighted by molar-refractivity contribution is 7.99. The lowest BCUT2D eigenvalue weighted by Gasteiger charge is -2.41. The average Bonchev–Trinajstić information content (AvgIpc) is 2.97. The predicted molar refractivity (Wildman–Crippen MR) is 149 cm³/mol. The van der Waals surface area contributed by atoms with Crippen LogP contribution in [-0.2, 0) is 22.6 Å². The molecular formula is C31H32N2O4S. The number of aliphatic hydroxyl groups is 1. The topological polar surface area (TPSA) is 91.7 Å². The summed E-state index contributed by atoms with van der Waals surface area (Å²) in [5.41, 5.74) is 12.1. The van der Waals surface area contributed by atoms with Gasteiger partial charge in [-0.3, -0.25) is 0 Å². The third-order valence-electron chi connectivity index (χ3n) is 7.04. The van der Waals surface area contributed by atoms with E-state index in [4.69, 9.17) is 15.2 Å². The first-order chi connectivity index (χ1) is 18.6. The van der Waals surface area contributed by atoms with Crippen LogP contribution in [0, 0.1) is 11.1 Å². The zero-order valence-corrected chi connectivity index (χ0v) is 22.1. The maximum atomic E-state index is 12.2. The number of benzene rings is 3. The molecule has 1 saturated heterocycles. The Hall–Kier alpha value is -3.20. The summed E-state index contributed by atoms with van der Waals surface area (Å²) < 4.78 is 14.0. The first-order valence-corrected chi connectivity index (χ1v) is 13.8. The average molecular weight is 529 g/mol. The monoisotopic (exact) mass is 528 g/mol. The smallest absolute Gasteiger partial charge is 0.251 e. The molecule has 4 aromatic rings.